The molecule has 2 rings (SSSR count). The van der Waals surface area contributed by atoms with Crippen molar-refractivity contribution in [2.75, 3.05) is 4.31 Å². The van der Waals surface area contributed by atoms with Gasteiger partial charge < -0.3 is 0 Å². The monoisotopic (exact) mass is 203 g/mol. The normalized spacial score (nSPS) is 10.1. The summed E-state index contributed by atoms with van der Waals surface area (Å²) in [6, 6.07) is 13.7. The number of fused-ring (bicyclic) bond motifs is 1. The van der Waals surface area contributed by atoms with E-state index in [4.69, 9.17) is 0 Å². The number of carbonyl (C=O) groups excluding carboxylic acids is 1. The third kappa shape index (κ3) is 1.46. The summed E-state index contributed by atoms with van der Waals surface area (Å²) in [5.74, 6) is 0. The molecule has 70 valence electrons. The third-order valence-corrected chi connectivity index (χ3v) is 2.42. The van der Waals surface area contributed by atoms with Crippen molar-refractivity contribution in [2.24, 2.45) is 0 Å². The molecular weight excluding hydrogens is 194 g/mol. The van der Waals surface area contributed by atoms with E-state index in [-0.39, 0.29) is 0 Å². The summed E-state index contributed by atoms with van der Waals surface area (Å²) in [4.78, 5) is 10.6. The molecule has 0 fully saturated rings. The van der Waals surface area contributed by atoms with Crippen molar-refractivity contribution < 1.29 is 4.79 Å². The average molecular weight is 203 g/mol. The second kappa shape index (κ2) is 3.72. The van der Waals surface area contributed by atoms with Gasteiger partial charge in [-0.1, -0.05) is 49.2 Å². The molecule has 0 saturated heterocycles. The zero-order valence-electron chi connectivity index (χ0n) is 7.42. The summed E-state index contributed by atoms with van der Waals surface area (Å²) in [7, 11) is 0. The van der Waals surface area contributed by atoms with Crippen LogP contribution < -0.4 is 4.31 Å². The fraction of sp³-hybridized carbons (Fsp3) is 0. The molecule has 0 heterocycles. The highest BCUT2D eigenvalue weighted by molar-refractivity contribution is 7.82. The Kier molecular flexibility index (Phi) is 2.41. The lowest BCUT2D eigenvalue weighted by molar-refractivity contribution is -0.106. The van der Waals surface area contributed by atoms with Gasteiger partial charge in [-0.15, -0.1) is 0 Å². The molecule has 0 aliphatic carbocycles. The van der Waals surface area contributed by atoms with Crippen LogP contribution in [0.25, 0.3) is 10.8 Å². The van der Waals surface area contributed by atoms with Crippen LogP contribution >= 0.6 is 12.8 Å². The van der Waals surface area contributed by atoms with Gasteiger partial charge >= 0.3 is 0 Å². The first-order valence-electron chi connectivity index (χ1n) is 4.24. The Morgan fingerprint density at radius 3 is 2.57 bits per heavy atom. The van der Waals surface area contributed by atoms with Gasteiger partial charge in [-0.25, -0.2) is 0 Å². The van der Waals surface area contributed by atoms with Crippen molar-refractivity contribution in [1.82, 2.24) is 0 Å². The lowest BCUT2D eigenvalue weighted by atomic mass is 10.1. The first-order chi connectivity index (χ1) is 6.83. The molecule has 0 bridgehead atoms. The van der Waals surface area contributed by atoms with Crippen LogP contribution in [0.2, 0.25) is 0 Å². The standard InChI is InChI=1S/C11H9NOS/c13-8-12(14)11-7-3-5-9-4-1-2-6-10(9)11/h1-8,14H. The second-order valence-corrected chi connectivity index (χ2v) is 3.38. The van der Waals surface area contributed by atoms with Gasteiger partial charge in [0.05, 0.1) is 5.69 Å². The van der Waals surface area contributed by atoms with Gasteiger partial charge in [-0.05, 0) is 11.5 Å². The van der Waals surface area contributed by atoms with Gasteiger partial charge in [0.2, 0.25) is 6.41 Å². The number of benzene rings is 2. The van der Waals surface area contributed by atoms with Crippen molar-refractivity contribution in [1.29, 1.82) is 0 Å². The van der Waals surface area contributed by atoms with Gasteiger partial charge in [-0.2, -0.15) is 0 Å². The Morgan fingerprint density at radius 2 is 1.79 bits per heavy atom. The van der Waals surface area contributed by atoms with Crippen LogP contribution in [0.4, 0.5) is 5.69 Å². The number of nitrogens with zero attached hydrogens (tertiary/aromatic N) is 1. The minimum absolute atomic E-state index is 0.685. The largest absolute Gasteiger partial charge is 0.277 e. The Hall–Kier alpha value is -1.48. The Balaban J connectivity index is 2.70. The number of amides is 1. The molecule has 0 atom stereocenters. The molecule has 14 heavy (non-hydrogen) atoms. The molecule has 2 aromatic rings. The average Bonchev–Trinajstić information content (AvgIpc) is 2.27. The summed E-state index contributed by atoms with van der Waals surface area (Å²) in [5.41, 5.74) is 0.807. The molecule has 0 aromatic heterocycles. The van der Waals surface area contributed by atoms with Crippen LogP contribution in [0.5, 0.6) is 0 Å². The van der Waals surface area contributed by atoms with Gasteiger partial charge in [0.25, 0.3) is 0 Å². The smallest absolute Gasteiger partial charge is 0.224 e. The van der Waals surface area contributed by atoms with Crippen LogP contribution in [-0.2, 0) is 4.79 Å². The van der Waals surface area contributed by atoms with Crippen molar-refractivity contribution in [3.8, 4) is 0 Å². The van der Waals surface area contributed by atoms with E-state index in [1.54, 1.807) is 0 Å². The topological polar surface area (TPSA) is 20.3 Å². The minimum Gasteiger partial charge on any atom is -0.277 e. The predicted octanol–water partition coefficient (Wildman–Crippen LogP) is 2.65. The highest BCUT2D eigenvalue weighted by Gasteiger charge is 2.03. The molecule has 2 aromatic carbocycles. The predicted molar refractivity (Wildman–Crippen MR) is 61.5 cm³/mol. The van der Waals surface area contributed by atoms with Gasteiger partial charge in [0.15, 0.2) is 0 Å². The van der Waals surface area contributed by atoms with Crippen LogP contribution in [0.1, 0.15) is 0 Å². The number of hydrogen-bond acceptors (Lipinski definition) is 2. The third-order valence-electron chi connectivity index (χ3n) is 2.11. The van der Waals surface area contributed by atoms with Crippen molar-refractivity contribution in [3.63, 3.8) is 0 Å². The van der Waals surface area contributed by atoms with E-state index < -0.39 is 0 Å². The zero-order valence-corrected chi connectivity index (χ0v) is 8.32. The molecule has 0 saturated carbocycles. The Labute approximate surface area is 87.7 Å². The van der Waals surface area contributed by atoms with Crippen LogP contribution in [0.3, 0.4) is 0 Å². The molecule has 0 aliphatic rings. The summed E-state index contributed by atoms with van der Waals surface area (Å²) in [6.45, 7) is 0. The van der Waals surface area contributed by atoms with Crippen LogP contribution in [0.15, 0.2) is 42.5 Å². The molecule has 0 N–H and O–H groups in total. The van der Waals surface area contributed by atoms with Gasteiger partial charge in [0.1, 0.15) is 0 Å². The molecule has 1 amide bonds. The summed E-state index contributed by atoms with van der Waals surface area (Å²) in [5, 5.41) is 2.13. The van der Waals surface area contributed by atoms with Gasteiger partial charge in [-0.3, -0.25) is 9.10 Å². The first kappa shape index (κ1) is 9.09. The SMILES string of the molecule is O=CN(S)c1cccc2ccccc12. The zero-order chi connectivity index (χ0) is 9.97. The quantitative estimate of drug-likeness (QED) is 0.587. The molecular formula is C11H9NOS. The lowest BCUT2D eigenvalue weighted by Gasteiger charge is -2.11. The van der Waals surface area contributed by atoms with E-state index in [1.807, 2.05) is 42.5 Å². The van der Waals surface area contributed by atoms with E-state index in [0.29, 0.717) is 6.41 Å². The van der Waals surface area contributed by atoms with E-state index in [0.717, 1.165) is 16.5 Å². The fourth-order valence-corrected chi connectivity index (χ4v) is 1.64. The van der Waals surface area contributed by atoms with Crippen molar-refractivity contribution in [2.45, 2.75) is 0 Å². The van der Waals surface area contributed by atoms with Crippen molar-refractivity contribution in [3.05, 3.63) is 42.5 Å². The Morgan fingerprint density at radius 1 is 1.07 bits per heavy atom. The molecule has 0 aliphatic heterocycles. The van der Waals surface area contributed by atoms with E-state index in [9.17, 15) is 4.79 Å². The number of carbonyl (C=O) groups is 1. The second-order valence-electron chi connectivity index (χ2n) is 2.95. The molecule has 3 heteroatoms. The van der Waals surface area contributed by atoms with Crippen LogP contribution in [-0.4, -0.2) is 6.41 Å². The number of anilines is 1. The molecule has 0 spiro atoms. The maximum absolute atomic E-state index is 10.6. The van der Waals surface area contributed by atoms with E-state index >= 15 is 0 Å². The molecule has 0 radical (unpaired) electrons. The Bertz CT molecular complexity index is 464. The highest BCUT2D eigenvalue weighted by atomic mass is 32.1. The number of hydrogen-bond donors (Lipinski definition) is 1. The van der Waals surface area contributed by atoms with E-state index in [1.165, 1.54) is 4.31 Å². The van der Waals surface area contributed by atoms with Gasteiger partial charge in [0, 0.05) is 5.39 Å². The number of thiol groups is 1. The summed E-state index contributed by atoms with van der Waals surface area (Å²) in [6.07, 6.45) is 0.685. The minimum atomic E-state index is 0.685. The molecule has 2 nitrogen and oxygen atoms in total. The van der Waals surface area contributed by atoms with E-state index in [2.05, 4.69) is 12.8 Å². The maximum atomic E-state index is 10.6. The highest BCUT2D eigenvalue weighted by Crippen LogP contribution is 2.26. The summed E-state index contributed by atoms with van der Waals surface area (Å²) >= 11 is 4.06. The summed E-state index contributed by atoms with van der Waals surface area (Å²) < 4.78 is 1.28. The molecule has 0 unspecified atom stereocenters. The van der Waals surface area contributed by atoms with Crippen LogP contribution in [0, 0.1) is 0 Å². The number of rotatable bonds is 2. The first-order valence-corrected chi connectivity index (χ1v) is 4.64. The lowest BCUT2D eigenvalue weighted by Crippen LogP contribution is -2.06. The maximum Gasteiger partial charge on any atom is 0.224 e. The van der Waals surface area contributed by atoms with Crippen molar-refractivity contribution >= 4 is 35.7 Å². The fourth-order valence-electron chi connectivity index (χ4n) is 1.46.